The number of para-hydroxylation sites is 2. The number of halogens is 2. The van der Waals surface area contributed by atoms with Crippen molar-refractivity contribution >= 4 is 22.8 Å². The van der Waals surface area contributed by atoms with Gasteiger partial charge in [0.15, 0.2) is 5.82 Å². The lowest BCUT2D eigenvalue weighted by atomic mass is 10.3. The first-order valence-electron chi connectivity index (χ1n) is 8.76. The van der Waals surface area contributed by atoms with Gasteiger partial charge in [-0.1, -0.05) is 12.1 Å². The quantitative estimate of drug-likeness (QED) is 0.757. The molecule has 0 aliphatic carbocycles. The molecule has 7 nitrogen and oxygen atoms in total. The lowest BCUT2D eigenvalue weighted by Gasteiger charge is -2.32. The van der Waals surface area contributed by atoms with Gasteiger partial charge >= 0.3 is 0 Å². The molecule has 4 rings (SSSR count). The van der Waals surface area contributed by atoms with E-state index in [1.54, 1.807) is 37.4 Å². The molecule has 3 heterocycles. The Morgan fingerprint density at radius 1 is 1.19 bits per heavy atom. The van der Waals surface area contributed by atoms with Crippen molar-refractivity contribution in [2.45, 2.75) is 19.5 Å². The number of nitrogens with one attached hydrogen (secondary N) is 1. The van der Waals surface area contributed by atoms with Crippen LogP contribution in [0.2, 0.25) is 0 Å². The molecule has 1 aliphatic heterocycles. The van der Waals surface area contributed by atoms with Crippen LogP contribution in [0, 0.1) is 0 Å². The van der Waals surface area contributed by atoms with Gasteiger partial charge in [-0.15, -0.1) is 0 Å². The molecule has 1 atom stereocenters. The number of anilines is 2. The molecule has 1 saturated heterocycles. The summed E-state index contributed by atoms with van der Waals surface area (Å²) in [5, 5.41) is 2.92. The molecule has 2 aromatic heterocycles. The molecule has 1 unspecified atom stereocenters. The van der Waals surface area contributed by atoms with Gasteiger partial charge in [0.25, 0.3) is 6.43 Å². The van der Waals surface area contributed by atoms with Gasteiger partial charge in [0.05, 0.1) is 23.7 Å². The van der Waals surface area contributed by atoms with Gasteiger partial charge in [0, 0.05) is 26.2 Å². The maximum atomic E-state index is 13.7. The van der Waals surface area contributed by atoms with Gasteiger partial charge in [0.1, 0.15) is 11.6 Å². The van der Waals surface area contributed by atoms with Crippen LogP contribution in [0.1, 0.15) is 19.2 Å². The molecule has 1 N–H and O–H groups in total. The number of morpholine rings is 1. The number of alkyl halides is 2. The first-order valence-corrected chi connectivity index (χ1v) is 8.76. The zero-order valence-electron chi connectivity index (χ0n) is 15.1. The predicted molar refractivity (Wildman–Crippen MR) is 98.8 cm³/mol. The Morgan fingerprint density at radius 2 is 1.96 bits per heavy atom. The van der Waals surface area contributed by atoms with Crippen LogP contribution < -0.4 is 10.2 Å². The van der Waals surface area contributed by atoms with Crippen LogP contribution >= 0.6 is 0 Å². The standard InChI is InChI=1S/C18H20F2N6O/c1-11-10-25(7-8-27-11)14-9-15(24-18(21-2)23-14)26-13-6-4-3-5-12(13)22-17(26)16(19)20/h3-6,9,11,16H,7-8,10H2,1-2H3,(H,21,23,24). The van der Waals surface area contributed by atoms with E-state index in [0.29, 0.717) is 48.3 Å². The second kappa shape index (κ2) is 7.07. The van der Waals surface area contributed by atoms with E-state index in [9.17, 15) is 8.78 Å². The number of aromatic nitrogens is 4. The van der Waals surface area contributed by atoms with Crippen LogP contribution in [0.3, 0.4) is 0 Å². The second-order valence-electron chi connectivity index (χ2n) is 6.38. The van der Waals surface area contributed by atoms with Gasteiger partial charge < -0.3 is 15.0 Å². The van der Waals surface area contributed by atoms with Crippen LogP contribution in [0.25, 0.3) is 16.9 Å². The average Bonchev–Trinajstić information content (AvgIpc) is 3.07. The molecule has 1 aliphatic rings. The van der Waals surface area contributed by atoms with E-state index >= 15 is 0 Å². The molecule has 0 saturated carbocycles. The van der Waals surface area contributed by atoms with Crippen molar-refractivity contribution in [3.05, 3.63) is 36.2 Å². The summed E-state index contributed by atoms with van der Waals surface area (Å²) in [6.07, 6.45) is -2.65. The largest absolute Gasteiger partial charge is 0.375 e. The maximum absolute atomic E-state index is 13.7. The Bertz CT molecular complexity index is 960. The molecule has 1 fully saturated rings. The fraction of sp³-hybridized carbons (Fsp3) is 0.389. The number of benzene rings is 1. The smallest absolute Gasteiger partial charge is 0.296 e. The minimum absolute atomic E-state index is 0.0703. The SMILES string of the molecule is CNc1nc(N2CCOC(C)C2)cc(-n2c(C(F)F)nc3ccccc32)n1. The Labute approximate surface area is 155 Å². The van der Waals surface area contributed by atoms with Crippen molar-refractivity contribution < 1.29 is 13.5 Å². The molecule has 3 aromatic rings. The maximum Gasteiger partial charge on any atom is 0.296 e. The van der Waals surface area contributed by atoms with Gasteiger partial charge in [-0.05, 0) is 19.1 Å². The van der Waals surface area contributed by atoms with E-state index in [1.807, 2.05) is 6.92 Å². The first-order chi connectivity index (χ1) is 13.1. The monoisotopic (exact) mass is 374 g/mol. The van der Waals surface area contributed by atoms with E-state index in [4.69, 9.17) is 4.74 Å². The number of imidazole rings is 1. The van der Waals surface area contributed by atoms with Crippen molar-refractivity contribution in [2.24, 2.45) is 0 Å². The van der Waals surface area contributed by atoms with Crippen molar-refractivity contribution in [2.75, 3.05) is 37.0 Å². The van der Waals surface area contributed by atoms with E-state index < -0.39 is 6.43 Å². The van der Waals surface area contributed by atoms with Crippen LogP contribution in [-0.2, 0) is 4.74 Å². The highest BCUT2D eigenvalue weighted by molar-refractivity contribution is 5.78. The van der Waals surface area contributed by atoms with Gasteiger partial charge in [-0.2, -0.15) is 9.97 Å². The van der Waals surface area contributed by atoms with Crippen LogP contribution in [-0.4, -0.2) is 52.4 Å². The Kier molecular flexibility index (Phi) is 4.61. The topological polar surface area (TPSA) is 68.1 Å². The van der Waals surface area contributed by atoms with E-state index in [-0.39, 0.29) is 11.9 Å². The molecule has 27 heavy (non-hydrogen) atoms. The fourth-order valence-electron chi connectivity index (χ4n) is 3.27. The third-order valence-corrected chi connectivity index (χ3v) is 4.50. The Hall–Kier alpha value is -2.81. The van der Waals surface area contributed by atoms with Crippen molar-refractivity contribution in [1.29, 1.82) is 0 Å². The van der Waals surface area contributed by atoms with Crippen molar-refractivity contribution in [3.63, 3.8) is 0 Å². The molecular weight excluding hydrogens is 354 g/mol. The number of hydrogen-bond acceptors (Lipinski definition) is 6. The summed E-state index contributed by atoms with van der Waals surface area (Å²) < 4.78 is 34.3. The highest BCUT2D eigenvalue weighted by atomic mass is 19.3. The van der Waals surface area contributed by atoms with E-state index in [2.05, 4.69) is 25.2 Å². The molecule has 142 valence electrons. The van der Waals surface area contributed by atoms with Crippen LogP contribution in [0.15, 0.2) is 30.3 Å². The molecule has 1 aromatic carbocycles. The summed E-state index contributed by atoms with van der Waals surface area (Å²) >= 11 is 0. The van der Waals surface area contributed by atoms with Gasteiger partial charge in [-0.25, -0.2) is 13.8 Å². The third-order valence-electron chi connectivity index (χ3n) is 4.50. The van der Waals surface area contributed by atoms with Gasteiger partial charge in [0.2, 0.25) is 5.95 Å². The van der Waals surface area contributed by atoms with Crippen molar-refractivity contribution in [3.8, 4) is 5.82 Å². The second-order valence-corrected chi connectivity index (χ2v) is 6.38. The van der Waals surface area contributed by atoms with Crippen LogP contribution in [0.5, 0.6) is 0 Å². The zero-order chi connectivity index (χ0) is 19.0. The molecule has 0 spiro atoms. The summed E-state index contributed by atoms with van der Waals surface area (Å²) in [5.41, 5.74) is 1.08. The summed E-state index contributed by atoms with van der Waals surface area (Å²) in [6, 6.07) is 8.75. The number of nitrogens with zero attached hydrogens (tertiary/aromatic N) is 5. The zero-order valence-corrected chi connectivity index (χ0v) is 15.1. The fourth-order valence-corrected chi connectivity index (χ4v) is 3.27. The summed E-state index contributed by atoms with van der Waals surface area (Å²) in [4.78, 5) is 15.1. The first kappa shape index (κ1) is 17.6. The molecule has 0 amide bonds. The number of rotatable bonds is 4. The lowest BCUT2D eigenvalue weighted by Crippen LogP contribution is -2.41. The molecule has 0 bridgehead atoms. The minimum Gasteiger partial charge on any atom is -0.375 e. The molecular formula is C18H20F2N6O. The Morgan fingerprint density at radius 3 is 2.70 bits per heavy atom. The highest BCUT2D eigenvalue weighted by Gasteiger charge is 2.24. The third kappa shape index (κ3) is 3.30. The van der Waals surface area contributed by atoms with Crippen LogP contribution in [0.4, 0.5) is 20.5 Å². The minimum atomic E-state index is -2.72. The average molecular weight is 374 g/mol. The number of hydrogen-bond donors (Lipinski definition) is 1. The number of fused-ring (bicyclic) bond motifs is 1. The summed E-state index contributed by atoms with van der Waals surface area (Å²) in [6.45, 7) is 3.93. The molecule has 0 radical (unpaired) electrons. The van der Waals surface area contributed by atoms with E-state index in [1.165, 1.54) is 4.57 Å². The van der Waals surface area contributed by atoms with Crippen molar-refractivity contribution in [1.82, 2.24) is 19.5 Å². The predicted octanol–water partition coefficient (Wildman–Crippen LogP) is 3.02. The molecule has 9 heteroatoms. The van der Waals surface area contributed by atoms with E-state index in [0.717, 1.165) is 0 Å². The Balaban J connectivity index is 1.88. The normalized spacial score (nSPS) is 17.7. The number of ether oxygens (including phenoxy) is 1. The van der Waals surface area contributed by atoms with Gasteiger partial charge in [-0.3, -0.25) is 4.57 Å². The summed E-state index contributed by atoms with van der Waals surface area (Å²) in [7, 11) is 1.70. The highest BCUT2D eigenvalue weighted by Crippen LogP contribution is 2.29. The summed E-state index contributed by atoms with van der Waals surface area (Å²) in [5.74, 6) is 1.04. The lowest BCUT2D eigenvalue weighted by molar-refractivity contribution is 0.0529.